The summed E-state index contributed by atoms with van der Waals surface area (Å²) in [6, 6.07) is 0. The van der Waals surface area contributed by atoms with Crippen LogP contribution in [0.2, 0.25) is 0 Å². The lowest BCUT2D eigenvalue weighted by atomic mass is 10.0. The van der Waals surface area contributed by atoms with Gasteiger partial charge in [-0.1, -0.05) is 0 Å². The summed E-state index contributed by atoms with van der Waals surface area (Å²) in [6.45, 7) is 4.27. The fourth-order valence-electron chi connectivity index (χ4n) is 2.23. The van der Waals surface area contributed by atoms with Gasteiger partial charge in [0.1, 0.15) is 24.4 Å². The lowest BCUT2D eigenvalue weighted by molar-refractivity contribution is -0.361. The third-order valence-corrected chi connectivity index (χ3v) is 2.97. The molecule has 0 aromatic carbocycles. The van der Waals surface area contributed by atoms with E-state index >= 15 is 0 Å². The van der Waals surface area contributed by atoms with Gasteiger partial charge in [0.2, 0.25) is 0 Å². The normalized spacial score (nSPS) is 44.1. The molecule has 6 heteroatoms. The van der Waals surface area contributed by atoms with Gasteiger partial charge >= 0.3 is 0 Å². The summed E-state index contributed by atoms with van der Waals surface area (Å²) in [5.74, 6) is 0. The fraction of sp³-hybridized carbons (Fsp3) is 1.00. The van der Waals surface area contributed by atoms with E-state index in [9.17, 15) is 5.11 Å². The van der Waals surface area contributed by atoms with Crippen LogP contribution in [0.5, 0.6) is 0 Å². The Balaban J connectivity index is 2.05. The first kappa shape index (κ1) is 13.2. The second-order valence-corrected chi connectivity index (χ2v) is 4.37. The average molecular weight is 248 g/mol. The summed E-state index contributed by atoms with van der Waals surface area (Å²) in [4.78, 5) is 0. The van der Waals surface area contributed by atoms with Gasteiger partial charge < -0.3 is 28.8 Å². The van der Waals surface area contributed by atoms with Crippen LogP contribution < -0.4 is 0 Å². The molecule has 6 atom stereocenters. The molecule has 0 spiro atoms. The quantitative estimate of drug-likeness (QED) is 0.751. The predicted molar refractivity (Wildman–Crippen MR) is 57.4 cm³/mol. The van der Waals surface area contributed by atoms with Crippen molar-refractivity contribution in [3.8, 4) is 0 Å². The molecular weight excluding hydrogens is 228 g/mol. The van der Waals surface area contributed by atoms with Crippen molar-refractivity contribution in [3.63, 3.8) is 0 Å². The maximum atomic E-state index is 9.99. The Kier molecular flexibility index (Phi) is 4.35. The number of rotatable bonds is 3. The van der Waals surface area contributed by atoms with Crippen LogP contribution in [-0.2, 0) is 23.7 Å². The molecule has 100 valence electrons. The van der Waals surface area contributed by atoms with E-state index < -0.39 is 12.2 Å². The highest BCUT2D eigenvalue weighted by Gasteiger charge is 2.45. The van der Waals surface area contributed by atoms with Crippen molar-refractivity contribution < 1.29 is 28.8 Å². The Hall–Kier alpha value is -0.240. The van der Waals surface area contributed by atoms with E-state index in [4.69, 9.17) is 23.7 Å². The van der Waals surface area contributed by atoms with E-state index in [2.05, 4.69) is 0 Å². The summed E-state index contributed by atoms with van der Waals surface area (Å²) in [6.07, 6.45) is -2.40. The van der Waals surface area contributed by atoms with E-state index in [1.54, 1.807) is 6.92 Å². The van der Waals surface area contributed by atoms with Crippen molar-refractivity contribution in [1.29, 1.82) is 0 Å². The van der Waals surface area contributed by atoms with Crippen molar-refractivity contribution in [2.75, 3.05) is 20.3 Å². The Morgan fingerprint density at radius 1 is 1.24 bits per heavy atom. The number of aliphatic hydroxyl groups is 1. The second kappa shape index (κ2) is 5.60. The minimum Gasteiger partial charge on any atom is -0.388 e. The van der Waals surface area contributed by atoms with Crippen LogP contribution in [0.3, 0.4) is 0 Å². The zero-order chi connectivity index (χ0) is 12.4. The first-order valence-electron chi connectivity index (χ1n) is 5.86. The zero-order valence-corrected chi connectivity index (χ0v) is 10.4. The second-order valence-electron chi connectivity index (χ2n) is 4.37. The maximum Gasteiger partial charge on any atom is 0.156 e. The summed E-state index contributed by atoms with van der Waals surface area (Å²) < 4.78 is 27.1. The van der Waals surface area contributed by atoms with Crippen LogP contribution in [0.1, 0.15) is 13.8 Å². The number of hydrogen-bond acceptors (Lipinski definition) is 6. The van der Waals surface area contributed by atoms with Crippen LogP contribution in [0, 0.1) is 0 Å². The summed E-state index contributed by atoms with van der Waals surface area (Å²) in [5, 5.41) is 9.99. The fourth-order valence-corrected chi connectivity index (χ4v) is 2.23. The third kappa shape index (κ3) is 2.96. The Labute approximate surface area is 101 Å². The highest BCUT2D eigenvalue weighted by Crippen LogP contribution is 2.28. The van der Waals surface area contributed by atoms with Crippen LogP contribution >= 0.6 is 0 Å². The standard InChI is InChI=1S/C11H20O6/c1-6-14-5-9-11(16-6)10(8(12)4-13-3)17-7(2)15-9/h6-12H,4-5H2,1-3H3/t6?,7?,8-,9+,10+,11+/m0/s1. The Morgan fingerprint density at radius 3 is 2.71 bits per heavy atom. The van der Waals surface area contributed by atoms with Gasteiger partial charge in [-0.25, -0.2) is 0 Å². The van der Waals surface area contributed by atoms with Crippen LogP contribution in [0.15, 0.2) is 0 Å². The Morgan fingerprint density at radius 2 is 2.00 bits per heavy atom. The van der Waals surface area contributed by atoms with E-state index in [0.29, 0.717) is 6.61 Å². The van der Waals surface area contributed by atoms with Gasteiger partial charge in [-0.2, -0.15) is 0 Å². The van der Waals surface area contributed by atoms with E-state index in [-0.39, 0.29) is 31.4 Å². The highest BCUT2D eigenvalue weighted by molar-refractivity contribution is 4.89. The molecule has 2 aliphatic heterocycles. The highest BCUT2D eigenvalue weighted by atomic mass is 16.8. The maximum absolute atomic E-state index is 9.99. The van der Waals surface area contributed by atoms with Crippen LogP contribution in [0.25, 0.3) is 0 Å². The summed E-state index contributed by atoms with van der Waals surface area (Å²) in [5.41, 5.74) is 0. The molecular formula is C11H20O6. The monoisotopic (exact) mass is 248 g/mol. The molecule has 0 amide bonds. The van der Waals surface area contributed by atoms with E-state index in [0.717, 1.165) is 0 Å². The number of fused-ring (bicyclic) bond motifs is 1. The third-order valence-electron chi connectivity index (χ3n) is 2.97. The first-order valence-corrected chi connectivity index (χ1v) is 5.86. The van der Waals surface area contributed by atoms with E-state index in [1.807, 2.05) is 6.92 Å². The number of aliphatic hydroxyl groups excluding tert-OH is 1. The van der Waals surface area contributed by atoms with Gasteiger partial charge in [0.25, 0.3) is 0 Å². The molecule has 0 aromatic rings. The number of methoxy groups -OCH3 is 1. The largest absolute Gasteiger partial charge is 0.388 e. The first-order chi connectivity index (χ1) is 8.11. The lowest BCUT2D eigenvalue weighted by Gasteiger charge is -2.45. The van der Waals surface area contributed by atoms with Crippen molar-refractivity contribution in [1.82, 2.24) is 0 Å². The van der Waals surface area contributed by atoms with Gasteiger partial charge in [0.05, 0.1) is 13.2 Å². The van der Waals surface area contributed by atoms with Crippen molar-refractivity contribution in [2.45, 2.75) is 50.8 Å². The zero-order valence-electron chi connectivity index (χ0n) is 10.4. The molecule has 0 aromatic heterocycles. The number of ether oxygens (including phenoxy) is 5. The van der Waals surface area contributed by atoms with Gasteiger partial charge in [-0.15, -0.1) is 0 Å². The predicted octanol–water partition coefficient (Wildman–Crippen LogP) is -0.115. The molecule has 2 saturated heterocycles. The topological polar surface area (TPSA) is 66.4 Å². The SMILES string of the molecule is COC[C@H](O)[C@H]1OC(C)O[C@@H]2COC(C)O[C@@H]12. The number of hydrogen-bond donors (Lipinski definition) is 1. The minimum atomic E-state index is -0.732. The summed E-state index contributed by atoms with van der Waals surface area (Å²) >= 11 is 0. The molecule has 2 rings (SSSR count). The van der Waals surface area contributed by atoms with Gasteiger partial charge in [0.15, 0.2) is 12.6 Å². The lowest BCUT2D eigenvalue weighted by Crippen LogP contribution is -2.60. The molecule has 0 bridgehead atoms. The molecule has 6 nitrogen and oxygen atoms in total. The molecule has 2 unspecified atom stereocenters. The minimum absolute atomic E-state index is 0.202. The van der Waals surface area contributed by atoms with E-state index in [1.165, 1.54) is 7.11 Å². The van der Waals surface area contributed by atoms with Gasteiger partial charge in [0, 0.05) is 7.11 Å². The molecule has 1 N–H and O–H groups in total. The van der Waals surface area contributed by atoms with Crippen molar-refractivity contribution in [3.05, 3.63) is 0 Å². The molecule has 2 heterocycles. The van der Waals surface area contributed by atoms with Gasteiger partial charge in [-0.05, 0) is 13.8 Å². The molecule has 0 aliphatic carbocycles. The molecule has 0 radical (unpaired) electrons. The molecule has 2 aliphatic rings. The molecule has 17 heavy (non-hydrogen) atoms. The Bertz CT molecular complexity index is 248. The average Bonchev–Trinajstić information content (AvgIpc) is 2.29. The van der Waals surface area contributed by atoms with Crippen molar-refractivity contribution in [2.24, 2.45) is 0 Å². The van der Waals surface area contributed by atoms with Crippen molar-refractivity contribution >= 4 is 0 Å². The summed E-state index contributed by atoms with van der Waals surface area (Å²) in [7, 11) is 1.54. The smallest absolute Gasteiger partial charge is 0.156 e. The van der Waals surface area contributed by atoms with Crippen LogP contribution in [0.4, 0.5) is 0 Å². The molecule has 0 saturated carbocycles. The van der Waals surface area contributed by atoms with Crippen LogP contribution in [-0.4, -0.2) is 62.4 Å². The molecule has 2 fully saturated rings. The van der Waals surface area contributed by atoms with Gasteiger partial charge in [-0.3, -0.25) is 0 Å².